The molecule has 1 fully saturated rings. The van der Waals surface area contributed by atoms with Crippen LogP contribution in [0, 0.1) is 12.8 Å². The summed E-state index contributed by atoms with van der Waals surface area (Å²) in [4.78, 5) is 28.5. The van der Waals surface area contributed by atoms with Gasteiger partial charge in [-0.05, 0) is 70.8 Å². The second-order valence-corrected chi connectivity index (χ2v) is 9.36. The molecule has 0 saturated carbocycles. The van der Waals surface area contributed by atoms with E-state index in [9.17, 15) is 9.59 Å². The van der Waals surface area contributed by atoms with Crippen LogP contribution >= 0.6 is 0 Å². The molecular formula is C25H32N2O4. The van der Waals surface area contributed by atoms with E-state index in [1.165, 1.54) is 11.1 Å². The maximum absolute atomic E-state index is 11.9. The van der Waals surface area contributed by atoms with E-state index in [4.69, 9.17) is 9.52 Å². The van der Waals surface area contributed by atoms with E-state index in [1.807, 2.05) is 13.0 Å². The average Bonchev–Trinajstić information content (AvgIpc) is 2.72. The summed E-state index contributed by atoms with van der Waals surface area (Å²) in [6, 6.07) is 5.73. The van der Waals surface area contributed by atoms with Crippen molar-refractivity contribution in [2.75, 3.05) is 37.7 Å². The molecule has 4 rings (SSSR count). The first-order chi connectivity index (χ1) is 14.7. The molecule has 0 spiro atoms. The van der Waals surface area contributed by atoms with Gasteiger partial charge in [0.25, 0.3) is 0 Å². The number of Topliss-reactive ketones (excluding diaryl/α,β-unsaturated/α-hetero) is 1. The molecule has 1 saturated heterocycles. The molecule has 0 unspecified atom stereocenters. The van der Waals surface area contributed by atoms with Gasteiger partial charge >= 0.3 is 5.63 Å². The van der Waals surface area contributed by atoms with Gasteiger partial charge in [0, 0.05) is 47.8 Å². The van der Waals surface area contributed by atoms with Gasteiger partial charge in [-0.1, -0.05) is 6.08 Å². The van der Waals surface area contributed by atoms with E-state index in [2.05, 4.69) is 42.7 Å². The lowest BCUT2D eigenvalue weighted by Gasteiger charge is -2.44. The summed E-state index contributed by atoms with van der Waals surface area (Å²) in [5.74, 6) is -0.0552. The molecule has 2 aliphatic rings. The third-order valence-corrected chi connectivity index (χ3v) is 6.84. The summed E-state index contributed by atoms with van der Waals surface area (Å²) in [6.07, 6.45) is 3.95. The van der Waals surface area contributed by atoms with Crippen molar-refractivity contribution in [2.24, 2.45) is 5.92 Å². The Hall–Kier alpha value is -2.44. The van der Waals surface area contributed by atoms with Crippen molar-refractivity contribution in [3.05, 3.63) is 45.8 Å². The van der Waals surface area contributed by atoms with Crippen molar-refractivity contribution in [3.63, 3.8) is 0 Å². The lowest BCUT2D eigenvalue weighted by molar-refractivity contribution is -0.127. The highest BCUT2D eigenvalue weighted by Gasteiger charge is 2.33. The van der Waals surface area contributed by atoms with Gasteiger partial charge in [0.1, 0.15) is 12.2 Å². The van der Waals surface area contributed by atoms with Crippen LogP contribution in [0.4, 0.5) is 5.69 Å². The molecule has 166 valence electrons. The summed E-state index contributed by atoms with van der Waals surface area (Å²) >= 11 is 0. The van der Waals surface area contributed by atoms with Crippen molar-refractivity contribution in [1.82, 2.24) is 4.90 Å². The molecule has 0 atom stereocenters. The molecule has 6 nitrogen and oxygen atoms in total. The lowest BCUT2D eigenvalue weighted by Crippen LogP contribution is -2.46. The zero-order valence-electron chi connectivity index (χ0n) is 18.9. The van der Waals surface area contributed by atoms with Crippen LogP contribution < -0.4 is 10.5 Å². The number of likely N-dealkylation sites (tertiary alicyclic amines) is 1. The first-order valence-electron chi connectivity index (χ1n) is 11.2. The molecule has 2 aromatic rings. The Labute approximate surface area is 183 Å². The fraction of sp³-hybridized carbons (Fsp3) is 0.520. The SMILES string of the molecule is CCN1c2cc3oc(=O)cc(C)c3cc2C(CN2CCC(C(=O)CO)CC2)=CC1(C)C. The summed E-state index contributed by atoms with van der Waals surface area (Å²) in [5, 5.41) is 10.1. The van der Waals surface area contributed by atoms with Crippen molar-refractivity contribution >= 4 is 28.0 Å². The van der Waals surface area contributed by atoms with Crippen LogP contribution in [0.1, 0.15) is 44.7 Å². The maximum Gasteiger partial charge on any atom is 0.336 e. The Morgan fingerprint density at radius 2 is 1.94 bits per heavy atom. The van der Waals surface area contributed by atoms with Crippen molar-refractivity contribution in [1.29, 1.82) is 0 Å². The predicted octanol–water partition coefficient (Wildman–Crippen LogP) is 3.38. The van der Waals surface area contributed by atoms with E-state index in [0.717, 1.165) is 55.7 Å². The molecular weight excluding hydrogens is 392 g/mol. The Balaban J connectivity index is 1.71. The van der Waals surface area contributed by atoms with Crippen LogP contribution in [0.25, 0.3) is 16.5 Å². The summed E-state index contributed by atoms with van der Waals surface area (Å²) in [5.41, 5.74) is 4.60. The fourth-order valence-corrected chi connectivity index (χ4v) is 5.22. The van der Waals surface area contributed by atoms with E-state index >= 15 is 0 Å². The Bertz CT molecular complexity index is 1090. The minimum Gasteiger partial charge on any atom is -0.423 e. The molecule has 1 N–H and O–H groups in total. The number of hydrogen-bond donors (Lipinski definition) is 1. The first kappa shape index (κ1) is 21.8. The predicted molar refractivity (Wildman–Crippen MR) is 124 cm³/mol. The van der Waals surface area contributed by atoms with Crippen LogP contribution in [-0.2, 0) is 4.79 Å². The first-order valence-corrected chi connectivity index (χ1v) is 11.2. The lowest BCUT2D eigenvalue weighted by atomic mass is 9.86. The zero-order valence-corrected chi connectivity index (χ0v) is 18.9. The monoisotopic (exact) mass is 424 g/mol. The van der Waals surface area contributed by atoms with Gasteiger partial charge < -0.3 is 14.4 Å². The average molecular weight is 425 g/mol. The quantitative estimate of drug-likeness (QED) is 0.742. The van der Waals surface area contributed by atoms with Crippen LogP contribution in [0.5, 0.6) is 0 Å². The number of hydrogen-bond acceptors (Lipinski definition) is 6. The molecule has 0 bridgehead atoms. The third kappa shape index (κ3) is 4.06. The number of nitrogens with zero attached hydrogens (tertiary/aromatic N) is 2. The molecule has 0 aliphatic carbocycles. The summed E-state index contributed by atoms with van der Waals surface area (Å²) in [7, 11) is 0. The van der Waals surface area contributed by atoms with Gasteiger partial charge in [-0.15, -0.1) is 0 Å². The molecule has 1 aromatic heterocycles. The molecule has 0 radical (unpaired) electrons. The minimum absolute atomic E-state index is 0.0182. The van der Waals surface area contributed by atoms with Crippen molar-refractivity contribution in [3.8, 4) is 0 Å². The highest BCUT2D eigenvalue weighted by Crippen LogP contribution is 2.42. The molecule has 1 aromatic carbocycles. The van der Waals surface area contributed by atoms with Gasteiger partial charge in [-0.25, -0.2) is 4.79 Å². The number of likely N-dealkylation sites (N-methyl/N-ethyl adjacent to an activating group) is 1. The molecule has 0 amide bonds. The highest BCUT2D eigenvalue weighted by atomic mass is 16.4. The van der Waals surface area contributed by atoms with E-state index in [1.54, 1.807) is 6.07 Å². The molecule has 3 heterocycles. The fourth-order valence-electron chi connectivity index (χ4n) is 5.22. The highest BCUT2D eigenvalue weighted by molar-refractivity contribution is 5.93. The Kier molecular flexibility index (Phi) is 5.79. The van der Waals surface area contributed by atoms with Crippen LogP contribution in [0.3, 0.4) is 0 Å². The number of carbonyl (C=O) groups excluding carboxylic acids is 1. The largest absolute Gasteiger partial charge is 0.423 e. The number of aliphatic hydroxyl groups excluding tert-OH is 1. The third-order valence-electron chi connectivity index (χ3n) is 6.84. The number of aryl methyl sites for hydroxylation is 1. The second-order valence-electron chi connectivity index (χ2n) is 9.36. The van der Waals surface area contributed by atoms with E-state index in [0.29, 0.717) is 5.58 Å². The number of rotatable bonds is 5. The number of aliphatic hydroxyl groups is 1. The number of fused-ring (bicyclic) bond motifs is 2. The van der Waals surface area contributed by atoms with Crippen molar-refractivity contribution < 1.29 is 14.3 Å². The van der Waals surface area contributed by atoms with Crippen LogP contribution in [-0.4, -0.2) is 54.1 Å². The Morgan fingerprint density at radius 3 is 2.58 bits per heavy atom. The number of carbonyl (C=O) groups is 1. The number of piperidine rings is 1. The van der Waals surface area contributed by atoms with Crippen LogP contribution in [0.15, 0.2) is 33.5 Å². The van der Waals surface area contributed by atoms with Gasteiger partial charge in [-0.3, -0.25) is 9.69 Å². The minimum atomic E-state index is -0.354. The van der Waals surface area contributed by atoms with Gasteiger partial charge in [0.05, 0.1) is 5.54 Å². The molecule has 6 heteroatoms. The number of ketones is 1. The topological polar surface area (TPSA) is 74.0 Å². The number of benzene rings is 1. The van der Waals surface area contributed by atoms with Crippen molar-refractivity contribution in [2.45, 2.75) is 46.1 Å². The standard InChI is InChI=1S/C25H32N2O4/c1-5-27-21-12-23-19(16(2)10-24(30)31-23)11-20(21)18(13-25(27,3)4)14-26-8-6-17(7-9-26)22(29)15-28/h10-13,17,28H,5-9,14-15H2,1-4H3. The van der Waals surface area contributed by atoms with Gasteiger partial charge in [-0.2, -0.15) is 0 Å². The molecule has 2 aliphatic heterocycles. The Morgan fingerprint density at radius 1 is 1.23 bits per heavy atom. The van der Waals surface area contributed by atoms with Gasteiger partial charge in [0.15, 0.2) is 5.78 Å². The second kappa shape index (κ2) is 8.24. The smallest absolute Gasteiger partial charge is 0.336 e. The maximum atomic E-state index is 11.9. The summed E-state index contributed by atoms with van der Waals surface area (Å²) < 4.78 is 5.54. The van der Waals surface area contributed by atoms with E-state index < -0.39 is 0 Å². The normalized spacial score (nSPS) is 19.4. The van der Waals surface area contributed by atoms with E-state index in [-0.39, 0.29) is 29.5 Å². The van der Waals surface area contributed by atoms with Gasteiger partial charge in [0.2, 0.25) is 0 Å². The molecule has 31 heavy (non-hydrogen) atoms. The zero-order chi connectivity index (χ0) is 22.3. The summed E-state index contributed by atoms with van der Waals surface area (Å²) in [6.45, 7) is 11.5. The number of anilines is 1. The van der Waals surface area contributed by atoms with Crippen LogP contribution in [0.2, 0.25) is 0 Å².